The van der Waals surface area contributed by atoms with Gasteiger partial charge < -0.3 is 10.1 Å². The SMILES string of the molecule is Cc1c(Cl)cccc1N(CCCC(=O)NCCCOC1CCCC1)S(C)(=O)=O. The number of benzene rings is 1. The number of sulfonamides is 1. The molecule has 0 radical (unpaired) electrons. The molecule has 0 heterocycles. The molecule has 28 heavy (non-hydrogen) atoms. The third-order valence-electron chi connectivity index (χ3n) is 4.97. The Labute approximate surface area is 173 Å². The number of rotatable bonds is 11. The molecule has 1 saturated carbocycles. The average Bonchev–Trinajstić information content (AvgIpc) is 3.14. The molecular formula is C20H31ClN2O4S. The van der Waals surface area contributed by atoms with Crippen LogP contribution in [0.4, 0.5) is 5.69 Å². The van der Waals surface area contributed by atoms with Crippen LogP contribution in [-0.2, 0) is 19.6 Å². The minimum absolute atomic E-state index is 0.0721. The monoisotopic (exact) mass is 430 g/mol. The first-order valence-electron chi connectivity index (χ1n) is 9.90. The summed E-state index contributed by atoms with van der Waals surface area (Å²) in [6, 6.07) is 5.18. The molecule has 8 heteroatoms. The molecule has 0 aromatic heterocycles. The predicted octanol–water partition coefficient (Wildman–Crippen LogP) is 3.66. The maximum Gasteiger partial charge on any atom is 0.232 e. The maximum absolute atomic E-state index is 12.2. The zero-order chi connectivity index (χ0) is 20.6. The van der Waals surface area contributed by atoms with Crippen LogP contribution < -0.4 is 9.62 Å². The Hall–Kier alpha value is -1.31. The molecule has 0 spiro atoms. The van der Waals surface area contributed by atoms with Crippen LogP contribution in [0.2, 0.25) is 5.02 Å². The molecule has 0 unspecified atom stereocenters. The van der Waals surface area contributed by atoms with Crippen LogP contribution in [0.15, 0.2) is 18.2 Å². The second kappa shape index (κ2) is 11.0. The fourth-order valence-electron chi connectivity index (χ4n) is 3.41. The third-order valence-corrected chi connectivity index (χ3v) is 6.56. The summed E-state index contributed by atoms with van der Waals surface area (Å²) in [4.78, 5) is 12.0. The summed E-state index contributed by atoms with van der Waals surface area (Å²) < 4.78 is 31.5. The quantitative estimate of drug-likeness (QED) is 0.543. The second-order valence-electron chi connectivity index (χ2n) is 7.30. The largest absolute Gasteiger partial charge is 0.378 e. The van der Waals surface area contributed by atoms with Crippen molar-refractivity contribution in [3.05, 3.63) is 28.8 Å². The van der Waals surface area contributed by atoms with Gasteiger partial charge in [0, 0.05) is 31.1 Å². The van der Waals surface area contributed by atoms with Gasteiger partial charge in [-0.2, -0.15) is 0 Å². The second-order valence-corrected chi connectivity index (χ2v) is 9.62. The molecular weight excluding hydrogens is 400 g/mol. The highest BCUT2D eigenvalue weighted by atomic mass is 35.5. The van der Waals surface area contributed by atoms with Gasteiger partial charge in [0.15, 0.2) is 0 Å². The number of carbonyl (C=O) groups is 1. The number of hydrogen-bond donors (Lipinski definition) is 1. The number of ether oxygens (including phenoxy) is 1. The van der Waals surface area contributed by atoms with Crippen LogP contribution in [0.1, 0.15) is 50.5 Å². The molecule has 1 aromatic rings. The van der Waals surface area contributed by atoms with Crippen molar-refractivity contribution in [2.75, 3.05) is 30.3 Å². The molecule has 1 N–H and O–H groups in total. The molecule has 1 aliphatic carbocycles. The highest BCUT2D eigenvalue weighted by molar-refractivity contribution is 7.92. The summed E-state index contributed by atoms with van der Waals surface area (Å²) in [5, 5.41) is 3.39. The lowest BCUT2D eigenvalue weighted by Crippen LogP contribution is -2.33. The van der Waals surface area contributed by atoms with E-state index in [4.69, 9.17) is 16.3 Å². The number of hydrogen-bond acceptors (Lipinski definition) is 4. The van der Waals surface area contributed by atoms with Crippen molar-refractivity contribution in [1.29, 1.82) is 0 Å². The van der Waals surface area contributed by atoms with Crippen LogP contribution in [0.5, 0.6) is 0 Å². The smallest absolute Gasteiger partial charge is 0.232 e. The van der Waals surface area contributed by atoms with Crippen LogP contribution in [0.3, 0.4) is 0 Å². The maximum atomic E-state index is 12.2. The fraction of sp³-hybridized carbons (Fsp3) is 0.650. The van der Waals surface area contributed by atoms with E-state index in [0.29, 0.717) is 41.9 Å². The van der Waals surface area contributed by atoms with Gasteiger partial charge in [0.05, 0.1) is 18.0 Å². The average molecular weight is 431 g/mol. The Bertz CT molecular complexity index is 749. The van der Waals surface area contributed by atoms with E-state index in [1.165, 1.54) is 17.1 Å². The van der Waals surface area contributed by atoms with Gasteiger partial charge in [0.2, 0.25) is 15.9 Å². The van der Waals surface area contributed by atoms with Crippen LogP contribution in [0, 0.1) is 6.92 Å². The third kappa shape index (κ3) is 7.26. The minimum atomic E-state index is -3.46. The minimum Gasteiger partial charge on any atom is -0.378 e. The molecule has 1 amide bonds. The first kappa shape index (κ1) is 23.0. The number of nitrogens with one attached hydrogen (secondary N) is 1. The Morgan fingerprint density at radius 3 is 2.68 bits per heavy atom. The molecule has 158 valence electrons. The van der Waals surface area contributed by atoms with Gasteiger partial charge in [-0.05, 0) is 50.3 Å². The molecule has 0 atom stereocenters. The highest BCUT2D eigenvalue weighted by Crippen LogP contribution is 2.28. The topological polar surface area (TPSA) is 75.7 Å². The lowest BCUT2D eigenvalue weighted by atomic mass is 10.2. The van der Waals surface area contributed by atoms with E-state index in [-0.39, 0.29) is 18.9 Å². The van der Waals surface area contributed by atoms with E-state index in [2.05, 4.69) is 5.32 Å². The molecule has 0 saturated heterocycles. The van der Waals surface area contributed by atoms with Crippen molar-refractivity contribution in [3.63, 3.8) is 0 Å². The molecule has 1 aliphatic rings. The molecule has 1 aromatic carbocycles. The Morgan fingerprint density at radius 2 is 2.00 bits per heavy atom. The number of carbonyl (C=O) groups excluding carboxylic acids is 1. The fourth-order valence-corrected chi connectivity index (χ4v) is 4.59. The van der Waals surface area contributed by atoms with Crippen molar-refractivity contribution in [2.24, 2.45) is 0 Å². The Kier molecular flexibility index (Phi) is 9.05. The number of amides is 1. The first-order valence-corrected chi connectivity index (χ1v) is 12.1. The summed E-state index contributed by atoms with van der Waals surface area (Å²) in [7, 11) is -3.46. The van der Waals surface area contributed by atoms with E-state index in [1.807, 2.05) is 0 Å². The predicted molar refractivity (Wildman–Crippen MR) is 113 cm³/mol. The Balaban J connectivity index is 1.72. The van der Waals surface area contributed by atoms with Gasteiger partial charge in [-0.25, -0.2) is 8.42 Å². The van der Waals surface area contributed by atoms with Crippen molar-refractivity contribution in [1.82, 2.24) is 5.32 Å². The molecule has 1 fully saturated rings. The van der Waals surface area contributed by atoms with E-state index in [1.54, 1.807) is 25.1 Å². The summed E-state index contributed by atoms with van der Waals surface area (Å²) >= 11 is 6.12. The Morgan fingerprint density at radius 1 is 1.29 bits per heavy atom. The zero-order valence-electron chi connectivity index (χ0n) is 16.7. The van der Waals surface area contributed by atoms with Gasteiger partial charge in [0.1, 0.15) is 0 Å². The molecule has 0 bridgehead atoms. The van der Waals surface area contributed by atoms with Crippen molar-refractivity contribution < 1.29 is 17.9 Å². The van der Waals surface area contributed by atoms with E-state index in [9.17, 15) is 13.2 Å². The van der Waals surface area contributed by atoms with Gasteiger partial charge in [-0.1, -0.05) is 30.5 Å². The van der Waals surface area contributed by atoms with Gasteiger partial charge in [-0.3, -0.25) is 9.10 Å². The summed E-state index contributed by atoms with van der Waals surface area (Å²) in [5.74, 6) is -0.0721. The van der Waals surface area contributed by atoms with E-state index < -0.39 is 10.0 Å². The van der Waals surface area contributed by atoms with Gasteiger partial charge in [0.25, 0.3) is 0 Å². The number of anilines is 1. The van der Waals surface area contributed by atoms with Crippen LogP contribution in [-0.4, -0.2) is 46.4 Å². The standard InChI is InChI=1S/C20H31ClN2O4S/c1-16-18(21)10-5-11-19(16)23(28(2,25)26)14-6-12-20(24)22-13-7-15-27-17-8-3-4-9-17/h5,10-11,17H,3-4,6-9,12-15H2,1-2H3,(H,22,24). The van der Waals surface area contributed by atoms with E-state index >= 15 is 0 Å². The summed E-state index contributed by atoms with van der Waals surface area (Å²) in [6.07, 6.45) is 7.86. The number of nitrogens with zero attached hydrogens (tertiary/aromatic N) is 1. The lowest BCUT2D eigenvalue weighted by Gasteiger charge is -2.24. The lowest BCUT2D eigenvalue weighted by molar-refractivity contribution is -0.121. The molecule has 6 nitrogen and oxygen atoms in total. The number of halogens is 1. The van der Waals surface area contributed by atoms with Crippen LogP contribution in [0.25, 0.3) is 0 Å². The molecule has 0 aliphatic heterocycles. The van der Waals surface area contributed by atoms with Crippen LogP contribution >= 0.6 is 11.6 Å². The highest BCUT2D eigenvalue weighted by Gasteiger charge is 2.20. The molecule has 2 rings (SSSR count). The summed E-state index contributed by atoms with van der Waals surface area (Å²) in [5.41, 5.74) is 1.26. The van der Waals surface area contributed by atoms with Gasteiger partial charge >= 0.3 is 0 Å². The summed E-state index contributed by atoms with van der Waals surface area (Å²) in [6.45, 7) is 3.27. The zero-order valence-corrected chi connectivity index (χ0v) is 18.3. The van der Waals surface area contributed by atoms with Crippen molar-refractivity contribution in [2.45, 2.75) is 58.0 Å². The normalized spacial score (nSPS) is 15.0. The van der Waals surface area contributed by atoms with E-state index in [0.717, 1.165) is 25.5 Å². The van der Waals surface area contributed by atoms with Crippen molar-refractivity contribution in [3.8, 4) is 0 Å². The first-order chi connectivity index (χ1) is 13.3. The van der Waals surface area contributed by atoms with Gasteiger partial charge in [-0.15, -0.1) is 0 Å². The van der Waals surface area contributed by atoms with Crippen molar-refractivity contribution >= 4 is 33.2 Å².